The lowest BCUT2D eigenvalue weighted by atomic mass is 10.1. The molecular formula is C12H17N3O3. The summed E-state index contributed by atoms with van der Waals surface area (Å²) in [5.74, 6) is 6.16. The van der Waals surface area contributed by atoms with Crippen LogP contribution in [-0.4, -0.2) is 11.5 Å². The molecule has 0 bridgehead atoms. The van der Waals surface area contributed by atoms with Crippen LogP contribution in [-0.2, 0) is 11.3 Å². The van der Waals surface area contributed by atoms with Crippen LogP contribution in [0.15, 0.2) is 18.2 Å². The second-order valence-electron chi connectivity index (χ2n) is 4.50. The summed E-state index contributed by atoms with van der Waals surface area (Å²) in [7, 11) is 0. The quantitative estimate of drug-likeness (QED) is 0.335. The summed E-state index contributed by atoms with van der Waals surface area (Å²) in [5, 5.41) is 10.8. The molecule has 0 radical (unpaired) electrons. The number of hydrogen-bond acceptors (Lipinski definition) is 5. The molecule has 0 saturated heterocycles. The molecule has 1 aliphatic rings. The molecule has 0 aromatic heterocycles. The van der Waals surface area contributed by atoms with Crippen LogP contribution >= 0.6 is 0 Å². The van der Waals surface area contributed by atoms with E-state index in [0.29, 0.717) is 24.5 Å². The minimum atomic E-state index is -0.455. The van der Waals surface area contributed by atoms with Gasteiger partial charge in [0.25, 0.3) is 5.69 Å². The van der Waals surface area contributed by atoms with E-state index in [0.717, 1.165) is 12.3 Å². The normalized spacial score (nSPS) is 14.5. The highest BCUT2D eigenvalue weighted by Gasteiger charge is 2.21. The topological polar surface area (TPSA) is 90.4 Å². The van der Waals surface area contributed by atoms with Gasteiger partial charge in [0.05, 0.1) is 11.5 Å². The molecule has 98 valence electrons. The van der Waals surface area contributed by atoms with Gasteiger partial charge in [-0.3, -0.25) is 16.0 Å². The van der Waals surface area contributed by atoms with Gasteiger partial charge in [-0.1, -0.05) is 25.0 Å². The summed E-state index contributed by atoms with van der Waals surface area (Å²) < 4.78 is 5.53. The van der Waals surface area contributed by atoms with Crippen molar-refractivity contribution in [1.82, 2.24) is 0 Å². The zero-order chi connectivity index (χ0) is 13.0. The highest BCUT2D eigenvalue weighted by molar-refractivity contribution is 5.65. The van der Waals surface area contributed by atoms with Crippen LogP contribution in [0.2, 0.25) is 0 Å². The number of nitro groups is 1. The predicted octanol–water partition coefficient (Wildman–Crippen LogP) is 2.20. The van der Waals surface area contributed by atoms with E-state index in [2.05, 4.69) is 5.43 Å². The van der Waals surface area contributed by atoms with Crippen molar-refractivity contribution in [3.05, 3.63) is 33.9 Å². The predicted molar refractivity (Wildman–Crippen MR) is 67.9 cm³/mol. The minimum absolute atomic E-state index is 0.0270. The van der Waals surface area contributed by atoms with Crippen LogP contribution < -0.4 is 11.3 Å². The van der Waals surface area contributed by atoms with E-state index >= 15 is 0 Å². The summed E-state index contributed by atoms with van der Waals surface area (Å²) in [5.41, 5.74) is 3.40. The van der Waals surface area contributed by atoms with E-state index in [-0.39, 0.29) is 5.69 Å². The Morgan fingerprint density at radius 3 is 2.89 bits per heavy atom. The van der Waals surface area contributed by atoms with Crippen molar-refractivity contribution in [2.75, 3.05) is 12.0 Å². The Bertz CT molecular complexity index is 433. The maximum Gasteiger partial charge on any atom is 0.294 e. The molecule has 0 aliphatic heterocycles. The second-order valence-corrected chi connectivity index (χ2v) is 4.50. The summed E-state index contributed by atoms with van der Waals surface area (Å²) in [4.78, 5) is 10.4. The summed E-state index contributed by atoms with van der Waals surface area (Å²) in [6.45, 7) is 1.03. The van der Waals surface area contributed by atoms with Gasteiger partial charge in [0.1, 0.15) is 5.69 Å². The Balaban J connectivity index is 1.96. The molecule has 1 saturated carbocycles. The number of nitrogens with zero attached hydrogens (tertiary/aromatic N) is 1. The molecule has 18 heavy (non-hydrogen) atoms. The Morgan fingerprint density at radius 1 is 1.50 bits per heavy atom. The Hall–Kier alpha value is -1.66. The average Bonchev–Trinajstić information content (AvgIpc) is 3.18. The average molecular weight is 251 g/mol. The van der Waals surface area contributed by atoms with Crippen molar-refractivity contribution in [2.24, 2.45) is 11.8 Å². The molecule has 6 heteroatoms. The van der Waals surface area contributed by atoms with Crippen molar-refractivity contribution >= 4 is 11.4 Å². The first kappa shape index (κ1) is 12.8. The third-order valence-corrected chi connectivity index (χ3v) is 3.09. The van der Waals surface area contributed by atoms with Crippen molar-refractivity contribution in [3.8, 4) is 0 Å². The van der Waals surface area contributed by atoms with Gasteiger partial charge in [-0.2, -0.15) is 0 Å². The molecule has 1 fully saturated rings. The first-order valence-corrected chi connectivity index (χ1v) is 6.03. The van der Waals surface area contributed by atoms with Crippen molar-refractivity contribution in [2.45, 2.75) is 25.9 Å². The van der Waals surface area contributed by atoms with Crippen LogP contribution in [0.25, 0.3) is 0 Å². The van der Waals surface area contributed by atoms with Crippen LogP contribution in [0.5, 0.6) is 0 Å². The third kappa shape index (κ3) is 3.18. The number of nitrogens with one attached hydrogen (secondary N) is 1. The van der Waals surface area contributed by atoms with E-state index in [9.17, 15) is 10.1 Å². The summed E-state index contributed by atoms with van der Waals surface area (Å²) in [6, 6.07) is 4.83. The standard InChI is InChI=1S/C12H17N3O3/c13-14-12-10(2-1-3-11(12)15(16)17)8-18-7-6-9-4-5-9/h1-3,9,14H,4-8,13H2. The van der Waals surface area contributed by atoms with Gasteiger partial charge < -0.3 is 10.2 Å². The van der Waals surface area contributed by atoms with Crippen LogP contribution in [0.4, 0.5) is 11.4 Å². The van der Waals surface area contributed by atoms with Crippen molar-refractivity contribution in [3.63, 3.8) is 0 Å². The number of hydrazine groups is 1. The number of para-hydroxylation sites is 1. The maximum absolute atomic E-state index is 10.8. The van der Waals surface area contributed by atoms with Gasteiger partial charge in [-0.15, -0.1) is 0 Å². The van der Waals surface area contributed by atoms with Gasteiger partial charge in [0.15, 0.2) is 0 Å². The molecule has 0 unspecified atom stereocenters. The Labute approximate surface area is 105 Å². The van der Waals surface area contributed by atoms with Gasteiger partial charge in [0, 0.05) is 18.2 Å². The summed E-state index contributed by atoms with van der Waals surface area (Å²) >= 11 is 0. The monoisotopic (exact) mass is 251 g/mol. The van der Waals surface area contributed by atoms with Crippen LogP contribution in [0.3, 0.4) is 0 Å². The lowest BCUT2D eigenvalue weighted by Gasteiger charge is -2.09. The third-order valence-electron chi connectivity index (χ3n) is 3.09. The molecule has 3 N–H and O–H groups in total. The van der Waals surface area contributed by atoms with E-state index in [4.69, 9.17) is 10.6 Å². The van der Waals surface area contributed by atoms with Crippen LogP contribution in [0, 0.1) is 16.0 Å². The lowest BCUT2D eigenvalue weighted by Crippen LogP contribution is -2.12. The van der Waals surface area contributed by atoms with Crippen LogP contribution in [0.1, 0.15) is 24.8 Å². The smallest absolute Gasteiger partial charge is 0.294 e. The van der Waals surface area contributed by atoms with Gasteiger partial charge >= 0.3 is 0 Å². The minimum Gasteiger partial charge on any atom is -0.377 e. The van der Waals surface area contributed by atoms with Crippen molar-refractivity contribution < 1.29 is 9.66 Å². The van der Waals surface area contributed by atoms with Gasteiger partial charge in [-0.25, -0.2) is 0 Å². The second kappa shape index (κ2) is 5.79. The summed E-state index contributed by atoms with van der Waals surface area (Å²) in [6.07, 6.45) is 3.67. The first-order chi connectivity index (χ1) is 8.72. The number of nitro benzene ring substituents is 1. The largest absolute Gasteiger partial charge is 0.377 e. The number of rotatable bonds is 7. The highest BCUT2D eigenvalue weighted by atomic mass is 16.6. The number of hydrogen-bond donors (Lipinski definition) is 2. The van der Waals surface area contributed by atoms with E-state index in [1.165, 1.54) is 18.9 Å². The number of benzene rings is 1. The fraction of sp³-hybridized carbons (Fsp3) is 0.500. The number of anilines is 1. The van der Waals surface area contributed by atoms with E-state index < -0.39 is 4.92 Å². The Morgan fingerprint density at radius 2 is 2.28 bits per heavy atom. The molecule has 0 spiro atoms. The number of nitrogen functional groups attached to an aromatic ring is 1. The van der Waals surface area contributed by atoms with E-state index in [1.54, 1.807) is 12.1 Å². The molecule has 6 nitrogen and oxygen atoms in total. The molecule has 1 aromatic rings. The molecule has 2 rings (SSSR count). The SMILES string of the molecule is NNc1c(COCCC2CC2)cccc1[N+](=O)[O-]. The zero-order valence-corrected chi connectivity index (χ0v) is 10.1. The molecule has 0 atom stereocenters. The molecule has 0 heterocycles. The molecule has 0 amide bonds. The number of nitrogens with two attached hydrogens (primary N) is 1. The first-order valence-electron chi connectivity index (χ1n) is 6.03. The highest BCUT2D eigenvalue weighted by Crippen LogP contribution is 2.32. The van der Waals surface area contributed by atoms with Gasteiger partial charge in [0.2, 0.25) is 0 Å². The Kier molecular flexibility index (Phi) is 4.11. The van der Waals surface area contributed by atoms with Gasteiger partial charge in [-0.05, 0) is 12.3 Å². The molecular weight excluding hydrogens is 234 g/mol. The molecule has 1 aliphatic carbocycles. The fourth-order valence-corrected chi connectivity index (χ4v) is 1.86. The number of ether oxygens (including phenoxy) is 1. The fourth-order valence-electron chi connectivity index (χ4n) is 1.86. The van der Waals surface area contributed by atoms with Crippen molar-refractivity contribution in [1.29, 1.82) is 0 Å². The van der Waals surface area contributed by atoms with E-state index in [1.807, 2.05) is 0 Å². The zero-order valence-electron chi connectivity index (χ0n) is 10.1. The lowest BCUT2D eigenvalue weighted by molar-refractivity contribution is -0.384. The maximum atomic E-state index is 10.8. The molecule has 1 aromatic carbocycles.